The van der Waals surface area contributed by atoms with Gasteiger partial charge in [-0.15, -0.1) is 0 Å². The van der Waals surface area contributed by atoms with Gasteiger partial charge in [-0.3, -0.25) is 0 Å². The van der Waals surface area contributed by atoms with Gasteiger partial charge >= 0.3 is 6.03 Å². The van der Waals surface area contributed by atoms with Crippen molar-refractivity contribution in [3.8, 4) is 0 Å². The van der Waals surface area contributed by atoms with Gasteiger partial charge in [0.15, 0.2) is 0 Å². The van der Waals surface area contributed by atoms with Crippen LogP contribution in [0, 0.1) is 0 Å². The third-order valence-corrected chi connectivity index (χ3v) is 6.89. The van der Waals surface area contributed by atoms with Gasteiger partial charge < -0.3 is 14.5 Å². The minimum absolute atomic E-state index is 0.104. The number of nitrogens with zero attached hydrogens (tertiary/aromatic N) is 2. The van der Waals surface area contributed by atoms with Crippen molar-refractivity contribution in [3.63, 3.8) is 0 Å². The number of carbonyl (C=O) groups excluding carboxylic acids is 1. The Morgan fingerprint density at radius 2 is 1.70 bits per heavy atom. The molecule has 0 N–H and O–H groups in total. The van der Waals surface area contributed by atoms with E-state index < -0.39 is 0 Å². The molecule has 1 saturated carbocycles. The van der Waals surface area contributed by atoms with Crippen LogP contribution in [0.5, 0.6) is 0 Å². The number of halogens is 1. The van der Waals surface area contributed by atoms with Gasteiger partial charge in [-0.05, 0) is 49.8 Å². The fourth-order valence-corrected chi connectivity index (χ4v) is 4.91. The topological polar surface area (TPSA) is 32.8 Å². The molecule has 1 aromatic rings. The molecule has 148 valence electrons. The zero-order valence-corrected chi connectivity index (χ0v) is 16.9. The Morgan fingerprint density at radius 1 is 1.00 bits per heavy atom. The van der Waals surface area contributed by atoms with Crippen LogP contribution in [0.4, 0.5) is 4.79 Å². The molecule has 1 aromatic carbocycles. The quantitative estimate of drug-likeness (QED) is 0.736. The van der Waals surface area contributed by atoms with E-state index in [0.717, 1.165) is 57.1 Å². The van der Waals surface area contributed by atoms with Crippen molar-refractivity contribution < 1.29 is 9.53 Å². The van der Waals surface area contributed by atoms with E-state index in [1.54, 1.807) is 0 Å². The average Bonchev–Trinajstić information content (AvgIpc) is 2.66. The number of rotatable bonds is 4. The first-order chi connectivity index (χ1) is 13.2. The molecule has 3 fully saturated rings. The summed E-state index contributed by atoms with van der Waals surface area (Å²) >= 11 is 6.11. The van der Waals surface area contributed by atoms with Crippen molar-refractivity contribution in [1.29, 1.82) is 0 Å². The van der Waals surface area contributed by atoms with Crippen molar-refractivity contribution in [2.45, 2.75) is 62.9 Å². The Kier molecular flexibility index (Phi) is 5.93. The average molecular weight is 391 g/mol. The van der Waals surface area contributed by atoms with Crippen molar-refractivity contribution >= 4 is 17.6 Å². The molecule has 1 unspecified atom stereocenters. The van der Waals surface area contributed by atoms with Crippen LogP contribution in [-0.4, -0.2) is 54.7 Å². The highest BCUT2D eigenvalue weighted by Crippen LogP contribution is 2.40. The second-order valence-electron chi connectivity index (χ2n) is 8.49. The Bertz CT molecular complexity index is 638. The van der Waals surface area contributed by atoms with Gasteiger partial charge in [0.05, 0.1) is 12.7 Å². The summed E-state index contributed by atoms with van der Waals surface area (Å²) in [6.45, 7) is 4.20. The molecule has 0 bridgehead atoms. The van der Waals surface area contributed by atoms with Gasteiger partial charge in [-0.2, -0.15) is 0 Å². The smallest absolute Gasteiger partial charge is 0.320 e. The lowest BCUT2D eigenvalue weighted by molar-refractivity contribution is -0.0268. The third kappa shape index (κ3) is 4.27. The standard InChI is InChI=1S/C22H31ClN2O2/c23-19-9-7-18(8-10-19)22(11-2-1-3-12-22)17-27-20-6-4-13-25(16-20)21(26)24-14-5-15-24/h7-10,20H,1-6,11-17H2. The molecule has 0 radical (unpaired) electrons. The first kappa shape index (κ1) is 19.1. The van der Waals surface area contributed by atoms with Crippen molar-refractivity contribution in [2.24, 2.45) is 0 Å². The fourth-order valence-electron chi connectivity index (χ4n) is 4.78. The first-order valence-electron chi connectivity index (χ1n) is 10.6. The number of hydrogen-bond donors (Lipinski definition) is 0. The lowest BCUT2D eigenvalue weighted by Gasteiger charge is -2.42. The number of likely N-dealkylation sites (tertiary alicyclic amines) is 2. The van der Waals surface area contributed by atoms with Crippen molar-refractivity contribution in [3.05, 3.63) is 34.9 Å². The lowest BCUT2D eigenvalue weighted by atomic mass is 9.70. The molecule has 1 aliphatic carbocycles. The number of urea groups is 1. The third-order valence-electron chi connectivity index (χ3n) is 6.64. The summed E-state index contributed by atoms with van der Waals surface area (Å²) in [7, 11) is 0. The predicted molar refractivity (Wildman–Crippen MR) is 108 cm³/mol. The molecular weight excluding hydrogens is 360 g/mol. The molecule has 0 aromatic heterocycles. The van der Waals surface area contributed by atoms with Crippen LogP contribution in [0.1, 0.15) is 56.9 Å². The van der Waals surface area contributed by atoms with E-state index in [9.17, 15) is 4.79 Å². The number of carbonyl (C=O) groups is 1. The second kappa shape index (κ2) is 8.40. The molecular formula is C22H31ClN2O2. The zero-order chi connectivity index (χ0) is 18.7. The Balaban J connectivity index is 1.40. The van der Waals surface area contributed by atoms with Gasteiger partial charge in [0.2, 0.25) is 0 Å². The van der Waals surface area contributed by atoms with E-state index in [1.807, 2.05) is 21.9 Å². The molecule has 2 aliphatic heterocycles. The van der Waals surface area contributed by atoms with Crippen molar-refractivity contribution in [2.75, 3.05) is 32.8 Å². The Hall–Kier alpha value is -1.26. The summed E-state index contributed by atoms with van der Waals surface area (Å²) in [6.07, 6.45) is 9.59. The molecule has 1 atom stereocenters. The number of hydrogen-bond acceptors (Lipinski definition) is 2. The van der Waals surface area contributed by atoms with Crippen LogP contribution >= 0.6 is 11.6 Å². The maximum atomic E-state index is 12.5. The first-order valence-corrected chi connectivity index (χ1v) is 11.0. The SMILES string of the molecule is O=C(N1CCC1)N1CCCC(OCC2(c3ccc(Cl)cc3)CCCCC2)C1. The minimum atomic E-state index is 0.104. The molecule has 2 saturated heterocycles. The molecule has 0 spiro atoms. The fraction of sp³-hybridized carbons (Fsp3) is 0.682. The number of ether oxygens (including phenoxy) is 1. The summed E-state index contributed by atoms with van der Waals surface area (Å²) in [5, 5.41) is 0.790. The molecule has 3 aliphatic rings. The van der Waals surface area contributed by atoms with Gasteiger partial charge in [0.1, 0.15) is 0 Å². The van der Waals surface area contributed by atoms with Crippen LogP contribution in [0.15, 0.2) is 24.3 Å². The highest BCUT2D eigenvalue weighted by atomic mass is 35.5. The van der Waals surface area contributed by atoms with E-state index in [-0.39, 0.29) is 17.6 Å². The number of amides is 2. The van der Waals surface area contributed by atoms with Gasteiger partial charge in [0, 0.05) is 36.6 Å². The van der Waals surface area contributed by atoms with Gasteiger partial charge in [0.25, 0.3) is 0 Å². The maximum absolute atomic E-state index is 12.5. The maximum Gasteiger partial charge on any atom is 0.320 e. The Labute approximate surface area is 167 Å². The summed E-state index contributed by atoms with van der Waals surface area (Å²) in [4.78, 5) is 16.5. The van der Waals surface area contributed by atoms with Crippen LogP contribution < -0.4 is 0 Å². The molecule has 2 heterocycles. The molecule has 27 heavy (non-hydrogen) atoms. The molecule has 2 amide bonds. The van der Waals surface area contributed by atoms with Gasteiger partial charge in [-0.1, -0.05) is 43.0 Å². The highest BCUT2D eigenvalue weighted by Gasteiger charge is 2.36. The Morgan fingerprint density at radius 3 is 2.37 bits per heavy atom. The second-order valence-corrected chi connectivity index (χ2v) is 8.93. The summed E-state index contributed by atoms with van der Waals surface area (Å²) in [5.74, 6) is 0. The van der Waals surface area contributed by atoms with Crippen LogP contribution in [0.3, 0.4) is 0 Å². The molecule has 5 heteroatoms. The summed E-state index contributed by atoms with van der Waals surface area (Å²) in [6, 6.07) is 8.57. The van der Waals surface area contributed by atoms with Gasteiger partial charge in [-0.25, -0.2) is 4.79 Å². The summed E-state index contributed by atoms with van der Waals surface area (Å²) in [5.41, 5.74) is 1.46. The number of benzene rings is 1. The monoisotopic (exact) mass is 390 g/mol. The normalized spacial score (nSPS) is 25.1. The van der Waals surface area contributed by atoms with Crippen molar-refractivity contribution in [1.82, 2.24) is 9.80 Å². The number of piperidine rings is 1. The van der Waals surface area contributed by atoms with E-state index >= 15 is 0 Å². The molecule has 4 rings (SSSR count). The molecule has 4 nitrogen and oxygen atoms in total. The summed E-state index contributed by atoms with van der Waals surface area (Å²) < 4.78 is 6.48. The van der Waals surface area contributed by atoms with Crippen LogP contribution in [0.2, 0.25) is 5.02 Å². The zero-order valence-electron chi connectivity index (χ0n) is 16.2. The van der Waals surface area contributed by atoms with E-state index in [2.05, 4.69) is 12.1 Å². The van der Waals surface area contributed by atoms with Crippen LogP contribution in [-0.2, 0) is 10.2 Å². The predicted octanol–water partition coefficient (Wildman–Crippen LogP) is 4.85. The van der Waals surface area contributed by atoms with E-state index in [1.165, 1.54) is 37.7 Å². The minimum Gasteiger partial charge on any atom is -0.375 e. The highest BCUT2D eigenvalue weighted by molar-refractivity contribution is 6.30. The van der Waals surface area contributed by atoms with Crippen LogP contribution in [0.25, 0.3) is 0 Å². The van der Waals surface area contributed by atoms with E-state index in [4.69, 9.17) is 16.3 Å². The van der Waals surface area contributed by atoms with E-state index in [0.29, 0.717) is 0 Å². The lowest BCUT2D eigenvalue weighted by Crippen LogP contribution is -2.53. The largest absolute Gasteiger partial charge is 0.375 e.